The molecule has 0 amide bonds. The first-order chi connectivity index (χ1) is 11.5. The predicted molar refractivity (Wildman–Crippen MR) is 95.2 cm³/mol. The minimum Gasteiger partial charge on any atom is -0.490 e. The SMILES string of the molecule is C=CCOc1ccc(C(Sc2ccccc2N)C(O)C(=O)O)cc1. The van der Waals surface area contributed by atoms with Gasteiger partial charge in [-0.15, -0.1) is 11.8 Å². The number of ether oxygens (including phenoxy) is 1. The molecule has 5 nitrogen and oxygen atoms in total. The molecule has 0 fully saturated rings. The van der Waals surface area contributed by atoms with Gasteiger partial charge in [-0.3, -0.25) is 0 Å². The van der Waals surface area contributed by atoms with E-state index in [4.69, 9.17) is 10.5 Å². The fraction of sp³-hybridized carbons (Fsp3) is 0.167. The van der Waals surface area contributed by atoms with Crippen LogP contribution in [-0.2, 0) is 4.79 Å². The van der Waals surface area contributed by atoms with Crippen molar-refractivity contribution in [1.82, 2.24) is 0 Å². The Morgan fingerprint density at radius 3 is 2.50 bits per heavy atom. The van der Waals surface area contributed by atoms with E-state index in [1.807, 2.05) is 6.07 Å². The van der Waals surface area contributed by atoms with Crippen molar-refractivity contribution in [3.63, 3.8) is 0 Å². The van der Waals surface area contributed by atoms with E-state index in [-0.39, 0.29) is 0 Å². The molecule has 0 aliphatic rings. The first kappa shape index (κ1) is 17.9. The van der Waals surface area contributed by atoms with Gasteiger partial charge in [0.1, 0.15) is 12.4 Å². The third kappa shape index (κ3) is 4.53. The number of anilines is 1. The number of rotatable bonds is 8. The Bertz CT molecular complexity index is 702. The van der Waals surface area contributed by atoms with E-state index in [0.29, 0.717) is 23.6 Å². The van der Waals surface area contributed by atoms with E-state index < -0.39 is 17.3 Å². The number of nitrogens with two attached hydrogens (primary N) is 1. The van der Waals surface area contributed by atoms with Gasteiger partial charge in [-0.05, 0) is 29.8 Å². The topological polar surface area (TPSA) is 92.8 Å². The van der Waals surface area contributed by atoms with E-state index in [2.05, 4.69) is 6.58 Å². The smallest absolute Gasteiger partial charge is 0.334 e. The second-order valence-electron chi connectivity index (χ2n) is 5.03. The number of carboxylic acids is 1. The van der Waals surface area contributed by atoms with Gasteiger partial charge in [-0.2, -0.15) is 0 Å². The number of para-hydroxylation sites is 1. The van der Waals surface area contributed by atoms with Crippen LogP contribution in [0.25, 0.3) is 0 Å². The van der Waals surface area contributed by atoms with Gasteiger partial charge in [-0.25, -0.2) is 4.79 Å². The molecule has 0 bridgehead atoms. The number of benzene rings is 2. The second kappa shape index (κ2) is 8.42. The van der Waals surface area contributed by atoms with Crippen molar-refractivity contribution in [3.8, 4) is 5.75 Å². The first-order valence-electron chi connectivity index (χ1n) is 7.28. The Labute approximate surface area is 144 Å². The van der Waals surface area contributed by atoms with Crippen LogP contribution in [0.4, 0.5) is 5.69 Å². The molecular weight excluding hydrogens is 326 g/mol. The molecule has 2 aromatic rings. The van der Waals surface area contributed by atoms with Gasteiger partial charge in [0.15, 0.2) is 6.10 Å². The van der Waals surface area contributed by atoms with Gasteiger partial charge in [0.05, 0.1) is 5.25 Å². The van der Waals surface area contributed by atoms with E-state index in [1.54, 1.807) is 48.5 Å². The van der Waals surface area contributed by atoms with Gasteiger partial charge in [-0.1, -0.05) is 36.9 Å². The van der Waals surface area contributed by atoms with Crippen LogP contribution in [0.3, 0.4) is 0 Å². The zero-order chi connectivity index (χ0) is 17.5. The summed E-state index contributed by atoms with van der Waals surface area (Å²) in [4.78, 5) is 12.0. The summed E-state index contributed by atoms with van der Waals surface area (Å²) in [5.41, 5.74) is 7.13. The van der Waals surface area contributed by atoms with Crippen molar-refractivity contribution in [2.75, 3.05) is 12.3 Å². The summed E-state index contributed by atoms with van der Waals surface area (Å²) in [5.74, 6) is -0.638. The predicted octanol–water partition coefficient (Wildman–Crippen LogP) is 3.11. The van der Waals surface area contributed by atoms with Gasteiger partial charge < -0.3 is 20.7 Å². The monoisotopic (exact) mass is 345 g/mol. The van der Waals surface area contributed by atoms with Crippen LogP contribution in [0.5, 0.6) is 5.75 Å². The average Bonchev–Trinajstić information content (AvgIpc) is 2.59. The molecule has 0 radical (unpaired) electrons. The maximum absolute atomic E-state index is 11.3. The third-order valence-corrected chi connectivity index (χ3v) is 4.70. The largest absolute Gasteiger partial charge is 0.490 e. The van der Waals surface area contributed by atoms with Crippen LogP contribution < -0.4 is 10.5 Å². The highest BCUT2D eigenvalue weighted by molar-refractivity contribution is 7.99. The number of carboxylic acid groups (broad SMARTS) is 1. The zero-order valence-electron chi connectivity index (χ0n) is 13.0. The molecule has 0 saturated heterocycles. The highest BCUT2D eigenvalue weighted by Gasteiger charge is 2.29. The Morgan fingerprint density at radius 2 is 1.92 bits per heavy atom. The lowest BCUT2D eigenvalue weighted by Crippen LogP contribution is -2.26. The molecule has 6 heteroatoms. The molecule has 0 aliphatic carbocycles. The van der Waals surface area contributed by atoms with Crippen LogP contribution in [-0.4, -0.2) is 28.9 Å². The molecule has 126 valence electrons. The van der Waals surface area contributed by atoms with Crippen LogP contribution in [0.15, 0.2) is 66.1 Å². The molecular formula is C18H19NO4S. The Hall–Kier alpha value is -2.44. The standard InChI is InChI=1S/C18H19NO4S/c1-2-11-23-13-9-7-12(8-10-13)17(16(20)18(21)22)24-15-6-4-3-5-14(15)19/h2-10,16-17,20H,1,11,19H2,(H,21,22). The molecule has 2 aromatic carbocycles. The Morgan fingerprint density at radius 1 is 1.25 bits per heavy atom. The molecule has 2 atom stereocenters. The fourth-order valence-corrected chi connectivity index (χ4v) is 3.25. The number of nitrogen functional groups attached to an aromatic ring is 1. The highest BCUT2D eigenvalue weighted by atomic mass is 32.2. The number of hydrogen-bond acceptors (Lipinski definition) is 5. The summed E-state index contributed by atoms with van der Waals surface area (Å²) in [6.45, 7) is 3.97. The van der Waals surface area contributed by atoms with E-state index in [0.717, 1.165) is 4.90 Å². The highest BCUT2D eigenvalue weighted by Crippen LogP contribution is 2.40. The fourth-order valence-electron chi connectivity index (χ4n) is 2.08. The normalized spacial score (nSPS) is 13.0. The van der Waals surface area contributed by atoms with Crippen LogP contribution in [0.1, 0.15) is 10.8 Å². The number of aliphatic hydroxyl groups is 1. The van der Waals surface area contributed by atoms with Crippen molar-refractivity contribution < 1.29 is 19.7 Å². The lowest BCUT2D eigenvalue weighted by molar-refractivity contribution is -0.146. The molecule has 24 heavy (non-hydrogen) atoms. The molecule has 0 aliphatic heterocycles. The van der Waals surface area contributed by atoms with Crippen LogP contribution in [0, 0.1) is 0 Å². The van der Waals surface area contributed by atoms with Crippen molar-refractivity contribution >= 4 is 23.4 Å². The number of carbonyl (C=O) groups is 1. The maximum Gasteiger partial charge on any atom is 0.334 e. The second-order valence-corrected chi connectivity index (χ2v) is 6.21. The van der Waals surface area contributed by atoms with Crippen molar-refractivity contribution in [2.24, 2.45) is 0 Å². The first-order valence-corrected chi connectivity index (χ1v) is 8.16. The summed E-state index contributed by atoms with van der Waals surface area (Å²) in [6, 6.07) is 14.1. The van der Waals surface area contributed by atoms with Gasteiger partial charge >= 0.3 is 5.97 Å². The van der Waals surface area contributed by atoms with E-state index >= 15 is 0 Å². The number of thioether (sulfide) groups is 1. The third-order valence-electron chi connectivity index (χ3n) is 3.29. The van der Waals surface area contributed by atoms with Gasteiger partial charge in [0.25, 0.3) is 0 Å². The summed E-state index contributed by atoms with van der Waals surface area (Å²) >= 11 is 1.22. The summed E-state index contributed by atoms with van der Waals surface area (Å²) in [5, 5.41) is 18.6. The molecule has 0 spiro atoms. The molecule has 0 saturated carbocycles. The summed E-state index contributed by atoms with van der Waals surface area (Å²) in [7, 11) is 0. The maximum atomic E-state index is 11.3. The summed E-state index contributed by atoms with van der Waals surface area (Å²) < 4.78 is 5.41. The average molecular weight is 345 g/mol. The molecule has 0 heterocycles. The van der Waals surface area contributed by atoms with E-state index in [1.165, 1.54) is 11.8 Å². The summed E-state index contributed by atoms with van der Waals surface area (Å²) in [6.07, 6.45) is 0.0772. The zero-order valence-corrected chi connectivity index (χ0v) is 13.8. The minimum absolute atomic E-state index is 0.385. The van der Waals surface area contributed by atoms with E-state index in [9.17, 15) is 15.0 Å². The van der Waals surface area contributed by atoms with Crippen molar-refractivity contribution in [1.29, 1.82) is 0 Å². The quantitative estimate of drug-likeness (QED) is 0.387. The number of aliphatic carboxylic acids is 1. The minimum atomic E-state index is -1.56. The van der Waals surface area contributed by atoms with Crippen molar-refractivity contribution in [2.45, 2.75) is 16.2 Å². The van der Waals surface area contributed by atoms with Gasteiger partial charge in [0.2, 0.25) is 0 Å². The lowest BCUT2D eigenvalue weighted by Gasteiger charge is -2.21. The molecule has 4 N–H and O–H groups in total. The molecule has 2 unspecified atom stereocenters. The lowest BCUT2D eigenvalue weighted by atomic mass is 10.1. The van der Waals surface area contributed by atoms with Gasteiger partial charge in [0, 0.05) is 10.6 Å². The molecule has 0 aromatic heterocycles. The van der Waals surface area contributed by atoms with Crippen LogP contribution >= 0.6 is 11.8 Å². The Kier molecular flexibility index (Phi) is 6.28. The van der Waals surface area contributed by atoms with Crippen LogP contribution in [0.2, 0.25) is 0 Å². The number of aliphatic hydroxyl groups excluding tert-OH is 1. The molecule has 2 rings (SSSR count). The Balaban J connectivity index is 2.27. The number of hydrogen-bond donors (Lipinski definition) is 3. The van der Waals surface area contributed by atoms with Crippen molar-refractivity contribution in [3.05, 3.63) is 66.7 Å².